The molecule has 0 bridgehead atoms. The Morgan fingerprint density at radius 3 is 1.85 bits per heavy atom. The smallest absolute Gasteiger partial charge is 0.327 e. The molecule has 114 valence electrons. The second-order valence-corrected chi connectivity index (χ2v) is 4.99. The van der Waals surface area contributed by atoms with Crippen molar-refractivity contribution < 1.29 is 26.3 Å². The molecule has 1 rings (SSSR count). The molecule has 0 fully saturated rings. The minimum atomic E-state index is -5.46. The molecule has 9 heteroatoms. The highest BCUT2D eigenvalue weighted by atomic mass is 35.5. The van der Waals surface area contributed by atoms with Gasteiger partial charge in [-0.3, -0.25) is 0 Å². The summed E-state index contributed by atoms with van der Waals surface area (Å²) in [5.41, 5.74) is 5.24. The molecule has 0 amide bonds. The van der Waals surface area contributed by atoms with Crippen LogP contribution in [0, 0.1) is 5.92 Å². The summed E-state index contributed by atoms with van der Waals surface area (Å²) in [6, 6.07) is 1.58. The quantitative estimate of drug-likeness (QED) is 0.800. The van der Waals surface area contributed by atoms with E-state index in [0.29, 0.717) is 0 Å². The largest absolute Gasteiger partial charge is 0.402 e. The van der Waals surface area contributed by atoms with Gasteiger partial charge in [0.1, 0.15) is 0 Å². The molecule has 0 aliphatic rings. The molecule has 0 aromatic heterocycles. The average Bonchev–Trinajstić information content (AvgIpc) is 2.18. The lowest BCUT2D eigenvalue weighted by Crippen LogP contribution is -2.49. The molecule has 20 heavy (non-hydrogen) atoms. The highest BCUT2D eigenvalue weighted by molar-refractivity contribution is 6.42. The van der Waals surface area contributed by atoms with Crippen LogP contribution in [0.4, 0.5) is 26.3 Å². The van der Waals surface area contributed by atoms with Gasteiger partial charge in [0, 0.05) is 6.04 Å². The Kier molecular flexibility index (Phi) is 5.21. The SMILES string of the molecule is NC(Cc1ccc(Cl)c(Cl)c1)C(C(F)(F)F)C(F)(F)F. The Hall–Kier alpha value is -0.660. The van der Waals surface area contributed by atoms with Crippen LogP contribution in [-0.4, -0.2) is 18.4 Å². The van der Waals surface area contributed by atoms with Gasteiger partial charge in [0.15, 0.2) is 5.92 Å². The van der Waals surface area contributed by atoms with Gasteiger partial charge in [0.05, 0.1) is 10.0 Å². The van der Waals surface area contributed by atoms with Crippen LogP contribution in [-0.2, 0) is 6.42 Å². The van der Waals surface area contributed by atoms with Crippen LogP contribution < -0.4 is 5.73 Å². The number of benzene rings is 1. The van der Waals surface area contributed by atoms with E-state index in [2.05, 4.69) is 0 Å². The highest BCUT2D eigenvalue weighted by Gasteiger charge is 2.59. The van der Waals surface area contributed by atoms with E-state index in [1.807, 2.05) is 0 Å². The topological polar surface area (TPSA) is 26.0 Å². The fourth-order valence-corrected chi connectivity index (χ4v) is 2.05. The van der Waals surface area contributed by atoms with Gasteiger partial charge >= 0.3 is 12.4 Å². The summed E-state index contributed by atoms with van der Waals surface area (Å²) in [5.74, 6) is -3.59. The fourth-order valence-electron chi connectivity index (χ4n) is 1.73. The summed E-state index contributed by atoms with van der Waals surface area (Å²) in [7, 11) is 0. The maximum absolute atomic E-state index is 12.5. The van der Waals surface area contributed by atoms with E-state index in [9.17, 15) is 26.3 Å². The number of hydrogen-bond donors (Lipinski definition) is 1. The zero-order chi connectivity index (χ0) is 15.7. The molecule has 0 spiro atoms. The normalized spacial score (nSPS) is 14.7. The van der Waals surface area contributed by atoms with Gasteiger partial charge in [0.2, 0.25) is 0 Å². The van der Waals surface area contributed by atoms with E-state index < -0.39 is 30.7 Å². The van der Waals surface area contributed by atoms with Gasteiger partial charge in [-0.2, -0.15) is 26.3 Å². The van der Waals surface area contributed by atoms with Crippen LogP contribution in [0.15, 0.2) is 18.2 Å². The zero-order valence-electron chi connectivity index (χ0n) is 9.69. The molecule has 1 nitrogen and oxygen atoms in total. The molecule has 0 aliphatic carbocycles. The van der Waals surface area contributed by atoms with Crippen molar-refractivity contribution in [2.24, 2.45) is 11.7 Å². The molecule has 1 unspecified atom stereocenters. The lowest BCUT2D eigenvalue weighted by Gasteiger charge is -2.28. The van der Waals surface area contributed by atoms with Crippen LogP contribution in [0.25, 0.3) is 0 Å². The first-order valence-corrected chi connectivity index (χ1v) is 6.01. The number of hydrogen-bond acceptors (Lipinski definition) is 1. The van der Waals surface area contributed by atoms with E-state index in [0.717, 1.165) is 0 Å². The van der Waals surface area contributed by atoms with Crippen LogP contribution in [0.1, 0.15) is 5.56 Å². The third kappa shape index (κ3) is 4.43. The van der Waals surface area contributed by atoms with Gasteiger partial charge in [-0.25, -0.2) is 0 Å². The standard InChI is InChI=1S/C11H9Cl2F6N/c12-6-2-1-5(3-7(6)13)4-8(20)9(10(14,15)16)11(17,18)19/h1-3,8-9H,4,20H2. The third-order valence-electron chi connectivity index (χ3n) is 2.59. The molecule has 2 N–H and O–H groups in total. The van der Waals surface area contributed by atoms with Crippen molar-refractivity contribution >= 4 is 23.2 Å². The first-order chi connectivity index (χ1) is 8.93. The molecule has 0 saturated heterocycles. The van der Waals surface area contributed by atoms with E-state index >= 15 is 0 Å². The Bertz CT molecular complexity index is 457. The molecule has 1 atom stereocenters. The zero-order valence-corrected chi connectivity index (χ0v) is 11.2. The Morgan fingerprint density at radius 2 is 1.45 bits per heavy atom. The molecular formula is C11H9Cl2F6N. The predicted octanol–water partition coefficient (Wildman–Crippen LogP) is 4.60. The Balaban J connectivity index is 2.97. The summed E-state index contributed by atoms with van der Waals surface area (Å²) in [6.45, 7) is 0. The van der Waals surface area contributed by atoms with Gasteiger partial charge in [-0.1, -0.05) is 29.3 Å². The van der Waals surface area contributed by atoms with Crippen molar-refractivity contribution in [2.75, 3.05) is 0 Å². The van der Waals surface area contributed by atoms with Crippen molar-refractivity contribution in [2.45, 2.75) is 24.8 Å². The second-order valence-electron chi connectivity index (χ2n) is 4.18. The van der Waals surface area contributed by atoms with Crippen molar-refractivity contribution in [3.8, 4) is 0 Å². The van der Waals surface area contributed by atoms with Crippen LogP contribution in [0.3, 0.4) is 0 Å². The first kappa shape index (κ1) is 17.4. The van der Waals surface area contributed by atoms with Gasteiger partial charge in [0.25, 0.3) is 0 Å². The average molecular weight is 340 g/mol. The number of halogens is 8. The minimum absolute atomic E-state index is 0.0342. The molecular weight excluding hydrogens is 331 g/mol. The molecule has 0 aliphatic heterocycles. The van der Waals surface area contributed by atoms with E-state index in [4.69, 9.17) is 28.9 Å². The Morgan fingerprint density at radius 1 is 0.950 bits per heavy atom. The summed E-state index contributed by atoms with van der Waals surface area (Å²) >= 11 is 11.2. The highest BCUT2D eigenvalue weighted by Crippen LogP contribution is 2.41. The molecule has 0 radical (unpaired) electrons. The van der Waals surface area contributed by atoms with Crippen LogP contribution >= 0.6 is 23.2 Å². The lowest BCUT2D eigenvalue weighted by atomic mass is 9.93. The molecule has 1 aromatic rings. The molecule has 1 aromatic carbocycles. The monoisotopic (exact) mass is 339 g/mol. The maximum atomic E-state index is 12.5. The van der Waals surface area contributed by atoms with Crippen molar-refractivity contribution in [3.05, 3.63) is 33.8 Å². The number of nitrogens with two attached hydrogens (primary N) is 1. The van der Waals surface area contributed by atoms with E-state index in [-0.39, 0.29) is 15.6 Å². The Labute approximate surface area is 120 Å². The fraction of sp³-hybridized carbons (Fsp3) is 0.455. The second kappa shape index (κ2) is 5.99. The van der Waals surface area contributed by atoms with Crippen molar-refractivity contribution in [1.29, 1.82) is 0 Å². The van der Waals surface area contributed by atoms with Crippen LogP contribution in [0.5, 0.6) is 0 Å². The van der Waals surface area contributed by atoms with Gasteiger partial charge in [-0.05, 0) is 24.1 Å². The van der Waals surface area contributed by atoms with Crippen LogP contribution in [0.2, 0.25) is 10.0 Å². The summed E-state index contributed by atoms with van der Waals surface area (Å²) < 4.78 is 74.8. The predicted molar refractivity (Wildman–Crippen MR) is 63.7 cm³/mol. The summed E-state index contributed by atoms with van der Waals surface area (Å²) in [5, 5.41) is 0.180. The van der Waals surface area contributed by atoms with E-state index in [1.54, 1.807) is 0 Å². The van der Waals surface area contributed by atoms with Crippen molar-refractivity contribution in [1.82, 2.24) is 0 Å². The number of alkyl halides is 6. The third-order valence-corrected chi connectivity index (χ3v) is 3.33. The van der Waals surface area contributed by atoms with Crippen molar-refractivity contribution in [3.63, 3.8) is 0 Å². The summed E-state index contributed by atoms with van der Waals surface area (Å²) in [4.78, 5) is 0. The molecule has 0 saturated carbocycles. The maximum Gasteiger partial charge on any atom is 0.402 e. The minimum Gasteiger partial charge on any atom is -0.327 e. The number of rotatable bonds is 3. The van der Waals surface area contributed by atoms with E-state index in [1.165, 1.54) is 18.2 Å². The molecule has 0 heterocycles. The van der Waals surface area contributed by atoms with Gasteiger partial charge in [-0.15, -0.1) is 0 Å². The first-order valence-electron chi connectivity index (χ1n) is 5.26. The van der Waals surface area contributed by atoms with Gasteiger partial charge < -0.3 is 5.73 Å². The lowest BCUT2D eigenvalue weighted by molar-refractivity contribution is -0.289. The summed E-state index contributed by atoms with van der Waals surface area (Å²) in [6.07, 6.45) is -11.6.